The number of nitrogens with one attached hydrogen (secondary N) is 1. The summed E-state index contributed by atoms with van der Waals surface area (Å²) in [6, 6.07) is 11.1. The van der Waals surface area contributed by atoms with Gasteiger partial charge in [-0.15, -0.1) is 0 Å². The van der Waals surface area contributed by atoms with Crippen LogP contribution in [0.4, 0.5) is 0 Å². The van der Waals surface area contributed by atoms with Crippen LogP contribution in [0, 0.1) is 5.92 Å². The molecule has 0 saturated carbocycles. The number of hydrogen-bond donors (Lipinski definition) is 1. The van der Waals surface area contributed by atoms with E-state index in [9.17, 15) is 0 Å². The van der Waals surface area contributed by atoms with E-state index in [2.05, 4.69) is 69.9 Å². The molecule has 0 bridgehead atoms. The summed E-state index contributed by atoms with van der Waals surface area (Å²) in [5.74, 6) is 0.833. The van der Waals surface area contributed by atoms with Crippen molar-refractivity contribution in [1.29, 1.82) is 0 Å². The molecule has 1 N–H and O–H groups in total. The van der Waals surface area contributed by atoms with Crippen LogP contribution >= 0.6 is 0 Å². The number of hydrogen-bond acceptors (Lipinski definition) is 1. The standard InChI is InChI=1S/C13H19N.C4H10/c1-11(2)10-14-12(3)9-13-7-5-4-6-8-13;1-4(2)3/h4-8,12,14H,1,9-10H2,2-3H3;4H,1-3H3. The topological polar surface area (TPSA) is 12.0 Å². The molecule has 0 heterocycles. The third-order valence-electron chi connectivity index (χ3n) is 2.14. The van der Waals surface area contributed by atoms with E-state index in [0.29, 0.717) is 6.04 Å². The SMILES string of the molecule is C=C(C)CNC(C)Cc1ccccc1.CC(C)C. The summed E-state index contributed by atoms with van der Waals surface area (Å²) in [5.41, 5.74) is 2.57. The van der Waals surface area contributed by atoms with Crippen LogP contribution in [-0.4, -0.2) is 12.6 Å². The zero-order valence-electron chi connectivity index (χ0n) is 12.7. The molecule has 1 atom stereocenters. The molecule has 1 heteroatoms. The van der Waals surface area contributed by atoms with Gasteiger partial charge in [-0.05, 0) is 31.7 Å². The Morgan fingerprint density at radius 2 is 1.61 bits per heavy atom. The highest BCUT2D eigenvalue weighted by Crippen LogP contribution is 2.02. The third kappa shape index (κ3) is 11.4. The summed E-state index contributed by atoms with van der Waals surface area (Å²) in [7, 11) is 0. The smallest absolute Gasteiger partial charge is 0.0161 e. The van der Waals surface area contributed by atoms with E-state index in [1.54, 1.807) is 0 Å². The second-order valence-electron chi connectivity index (χ2n) is 5.66. The second kappa shape index (κ2) is 9.90. The van der Waals surface area contributed by atoms with E-state index < -0.39 is 0 Å². The van der Waals surface area contributed by atoms with Crippen molar-refractivity contribution in [3.63, 3.8) is 0 Å². The molecule has 0 aromatic heterocycles. The lowest BCUT2D eigenvalue weighted by Gasteiger charge is -2.13. The molecule has 0 amide bonds. The first kappa shape index (κ1) is 16.9. The van der Waals surface area contributed by atoms with Crippen molar-refractivity contribution in [3.8, 4) is 0 Å². The van der Waals surface area contributed by atoms with Gasteiger partial charge in [0.2, 0.25) is 0 Å². The minimum atomic E-state index is 0.508. The highest BCUT2D eigenvalue weighted by molar-refractivity contribution is 5.15. The van der Waals surface area contributed by atoms with Crippen LogP contribution in [0.25, 0.3) is 0 Å². The molecule has 1 unspecified atom stereocenters. The van der Waals surface area contributed by atoms with Crippen molar-refractivity contribution < 1.29 is 0 Å². The van der Waals surface area contributed by atoms with E-state index in [4.69, 9.17) is 0 Å². The molecule has 102 valence electrons. The van der Waals surface area contributed by atoms with Gasteiger partial charge in [0.1, 0.15) is 0 Å². The first-order chi connectivity index (χ1) is 8.41. The highest BCUT2D eigenvalue weighted by Gasteiger charge is 2.01. The third-order valence-corrected chi connectivity index (χ3v) is 2.14. The quantitative estimate of drug-likeness (QED) is 0.758. The van der Waals surface area contributed by atoms with Gasteiger partial charge in [0.05, 0.1) is 0 Å². The van der Waals surface area contributed by atoms with Gasteiger partial charge in [-0.3, -0.25) is 0 Å². The van der Waals surface area contributed by atoms with Crippen molar-refractivity contribution in [1.82, 2.24) is 5.32 Å². The summed E-state index contributed by atoms with van der Waals surface area (Å²) in [6.07, 6.45) is 1.08. The van der Waals surface area contributed by atoms with Gasteiger partial charge in [0.25, 0.3) is 0 Å². The van der Waals surface area contributed by atoms with E-state index >= 15 is 0 Å². The molecular formula is C17H29N. The maximum absolute atomic E-state index is 3.87. The van der Waals surface area contributed by atoms with Crippen LogP contribution < -0.4 is 5.32 Å². The van der Waals surface area contributed by atoms with Crippen molar-refractivity contribution in [2.75, 3.05) is 6.54 Å². The number of benzene rings is 1. The van der Waals surface area contributed by atoms with Gasteiger partial charge in [0, 0.05) is 12.6 Å². The van der Waals surface area contributed by atoms with Crippen LogP contribution in [-0.2, 0) is 6.42 Å². The van der Waals surface area contributed by atoms with Crippen LogP contribution in [0.5, 0.6) is 0 Å². The summed E-state index contributed by atoms with van der Waals surface area (Å²) in [6.45, 7) is 15.5. The Morgan fingerprint density at radius 1 is 1.11 bits per heavy atom. The Hall–Kier alpha value is -1.08. The lowest BCUT2D eigenvalue weighted by molar-refractivity contribution is 0.573. The zero-order valence-corrected chi connectivity index (χ0v) is 12.7. The fourth-order valence-corrected chi connectivity index (χ4v) is 1.39. The molecule has 18 heavy (non-hydrogen) atoms. The van der Waals surface area contributed by atoms with Crippen molar-refractivity contribution >= 4 is 0 Å². The van der Waals surface area contributed by atoms with Gasteiger partial charge >= 0.3 is 0 Å². The Labute approximate surface area is 113 Å². The molecule has 1 nitrogen and oxygen atoms in total. The highest BCUT2D eigenvalue weighted by atomic mass is 14.9. The van der Waals surface area contributed by atoms with E-state index in [1.807, 2.05) is 6.92 Å². The predicted octanol–water partition coefficient (Wildman–Crippen LogP) is 4.45. The van der Waals surface area contributed by atoms with E-state index in [-0.39, 0.29) is 0 Å². The number of rotatable bonds is 5. The van der Waals surface area contributed by atoms with Gasteiger partial charge in [-0.1, -0.05) is 63.3 Å². The zero-order chi connectivity index (χ0) is 14.0. The molecule has 1 aromatic rings. The predicted molar refractivity (Wildman–Crippen MR) is 82.9 cm³/mol. The Balaban J connectivity index is 0.000000631. The molecule has 0 aliphatic carbocycles. The van der Waals surface area contributed by atoms with Gasteiger partial charge in [-0.25, -0.2) is 0 Å². The average Bonchev–Trinajstić information content (AvgIpc) is 2.27. The largest absolute Gasteiger partial charge is 0.310 e. The molecule has 0 aliphatic heterocycles. The fourth-order valence-electron chi connectivity index (χ4n) is 1.39. The fraction of sp³-hybridized carbons (Fsp3) is 0.529. The van der Waals surface area contributed by atoms with Crippen LogP contribution in [0.2, 0.25) is 0 Å². The van der Waals surface area contributed by atoms with Gasteiger partial charge in [0.15, 0.2) is 0 Å². The van der Waals surface area contributed by atoms with Crippen molar-refractivity contribution in [2.45, 2.75) is 47.1 Å². The lowest BCUT2D eigenvalue weighted by atomic mass is 10.1. The van der Waals surface area contributed by atoms with Crippen LogP contribution in [0.15, 0.2) is 42.5 Å². The van der Waals surface area contributed by atoms with Gasteiger partial charge < -0.3 is 5.32 Å². The monoisotopic (exact) mass is 247 g/mol. The Kier molecular flexibility index (Phi) is 9.31. The molecule has 0 fully saturated rings. The Bertz CT molecular complexity index is 311. The van der Waals surface area contributed by atoms with E-state index in [1.165, 1.54) is 11.1 Å². The normalized spacial score (nSPS) is 11.7. The van der Waals surface area contributed by atoms with Crippen LogP contribution in [0.3, 0.4) is 0 Å². The summed E-state index contributed by atoms with van der Waals surface area (Å²) in [4.78, 5) is 0. The minimum absolute atomic E-state index is 0.508. The molecular weight excluding hydrogens is 218 g/mol. The minimum Gasteiger partial charge on any atom is -0.310 e. The summed E-state index contributed by atoms with van der Waals surface area (Å²) in [5, 5.41) is 3.43. The molecule has 0 radical (unpaired) electrons. The van der Waals surface area contributed by atoms with Gasteiger partial charge in [-0.2, -0.15) is 0 Å². The van der Waals surface area contributed by atoms with Crippen molar-refractivity contribution in [3.05, 3.63) is 48.0 Å². The molecule has 0 saturated heterocycles. The van der Waals surface area contributed by atoms with E-state index in [0.717, 1.165) is 18.9 Å². The molecule has 1 aromatic carbocycles. The molecule has 0 aliphatic rings. The second-order valence-corrected chi connectivity index (χ2v) is 5.66. The molecule has 1 rings (SSSR count). The first-order valence-corrected chi connectivity index (χ1v) is 6.83. The molecule has 0 spiro atoms. The lowest BCUT2D eigenvalue weighted by Crippen LogP contribution is -2.29. The summed E-state index contributed by atoms with van der Waals surface area (Å²) < 4.78 is 0. The summed E-state index contributed by atoms with van der Waals surface area (Å²) >= 11 is 0. The maximum Gasteiger partial charge on any atom is 0.0161 e. The van der Waals surface area contributed by atoms with Crippen molar-refractivity contribution in [2.24, 2.45) is 5.92 Å². The maximum atomic E-state index is 3.87. The average molecular weight is 247 g/mol. The first-order valence-electron chi connectivity index (χ1n) is 6.83. The van der Waals surface area contributed by atoms with Crippen LogP contribution in [0.1, 0.15) is 40.2 Å². The Morgan fingerprint density at radius 3 is 2.06 bits per heavy atom.